The van der Waals surface area contributed by atoms with Crippen molar-refractivity contribution in [3.05, 3.63) is 92.1 Å². The van der Waals surface area contributed by atoms with Crippen molar-refractivity contribution in [2.45, 2.75) is 65.0 Å². The molecule has 2 aromatic carbocycles. The van der Waals surface area contributed by atoms with Gasteiger partial charge in [-0.2, -0.15) is 0 Å². The Morgan fingerprint density at radius 1 is 1.05 bits per heavy atom. The first kappa shape index (κ1) is 28.2. The van der Waals surface area contributed by atoms with Gasteiger partial charge in [-0.3, -0.25) is 18.9 Å². The van der Waals surface area contributed by atoms with E-state index < -0.39 is 5.76 Å². The van der Waals surface area contributed by atoms with E-state index in [0.29, 0.717) is 18.8 Å². The molecule has 1 radical (unpaired) electrons. The van der Waals surface area contributed by atoms with Crippen LogP contribution >= 0.6 is 0 Å². The van der Waals surface area contributed by atoms with Gasteiger partial charge in [-0.15, -0.1) is 0 Å². The molecule has 1 N–H and O–H groups in total. The second-order valence-electron chi connectivity index (χ2n) is 9.60. The first-order valence-electron chi connectivity index (χ1n) is 13.0. The number of aryl methyl sites for hydroxylation is 2. The standard InChI is InChI=1S/C29H32N4O4.Na/c1-3-8-26-25(28(34)33(19(2)30-26)18-22-9-6-7-16-36-22)17-20-12-14-21(15-13-20)23-10-4-5-11-24(23)27-31-29(35)37-32-27;/h4-5,10-15,22H,3,6-9,16-18H2,1-2H3,(H,31,32,35);. The van der Waals surface area contributed by atoms with Gasteiger partial charge in [0.05, 0.1) is 18.3 Å². The SMILES string of the molecule is CCCc1nc(C)n(CC2CCCCO2)c(=O)c1Cc1ccc(-c2ccccc2-c2noc(=O)[nH]2)cc1.[Na]. The van der Waals surface area contributed by atoms with E-state index in [4.69, 9.17) is 14.2 Å². The summed E-state index contributed by atoms with van der Waals surface area (Å²) in [5.41, 5.74) is 5.41. The summed E-state index contributed by atoms with van der Waals surface area (Å²) in [6.45, 7) is 5.34. The third-order valence-corrected chi connectivity index (χ3v) is 6.95. The summed E-state index contributed by atoms with van der Waals surface area (Å²) < 4.78 is 12.4. The van der Waals surface area contributed by atoms with E-state index in [1.165, 1.54) is 0 Å². The van der Waals surface area contributed by atoms with Crippen molar-refractivity contribution in [1.82, 2.24) is 19.7 Å². The van der Waals surface area contributed by atoms with Gasteiger partial charge < -0.3 is 4.74 Å². The molecule has 4 aromatic rings. The minimum atomic E-state index is -0.588. The molecule has 9 heteroatoms. The van der Waals surface area contributed by atoms with Crippen LogP contribution in [0.1, 0.15) is 55.3 Å². The fourth-order valence-electron chi connectivity index (χ4n) is 5.04. The van der Waals surface area contributed by atoms with Gasteiger partial charge in [-0.1, -0.05) is 67.0 Å². The minimum Gasteiger partial charge on any atom is -0.376 e. The van der Waals surface area contributed by atoms with Crippen LogP contribution in [0.15, 0.2) is 62.6 Å². The molecular formula is C29H32N4NaO4. The average Bonchev–Trinajstić information content (AvgIpc) is 3.36. The van der Waals surface area contributed by atoms with Crippen LogP contribution in [0.3, 0.4) is 0 Å². The first-order chi connectivity index (χ1) is 18.0. The third kappa shape index (κ3) is 6.26. The summed E-state index contributed by atoms with van der Waals surface area (Å²) in [6.07, 6.45) is 5.47. The maximum atomic E-state index is 13.7. The molecule has 0 aliphatic carbocycles. The fraction of sp³-hybridized carbons (Fsp3) is 0.379. The van der Waals surface area contributed by atoms with Gasteiger partial charge in [-0.05, 0) is 49.3 Å². The van der Waals surface area contributed by atoms with Crippen LogP contribution in [0.25, 0.3) is 22.5 Å². The van der Waals surface area contributed by atoms with E-state index >= 15 is 0 Å². The van der Waals surface area contributed by atoms with Crippen molar-refractivity contribution in [3.63, 3.8) is 0 Å². The molecule has 8 nitrogen and oxygen atoms in total. The Morgan fingerprint density at radius 2 is 1.82 bits per heavy atom. The van der Waals surface area contributed by atoms with E-state index in [2.05, 4.69) is 17.1 Å². The molecule has 3 heterocycles. The van der Waals surface area contributed by atoms with Gasteiger partial charge in [0.1, 0.15) is 5.82 Å². The second-order valence-corrected chi connectivity index (χ2v) is 9.60. The van der Waals surface area contributed by atoms with Crippen molar-refractivity contribution in [3.8, 4) is 22.5 Å². The summed E-state index contributed by atoms with van der Waals surface area (Å²) >= 11 is 0. The third-order valence-electron chi connectivity index (χ3n) is 6.95. The first-order valence-corrected chi connectivity index (χ1v) is 13.0. The minimum absolute atomic E-state index is 0. The molecule has 5 rings (SSSR count). The number of nitrogens with zero attached hydrogens (tertiary/aromatic N) is 3. The molecule has 0 saturated carbocycles. The number of hydrogen-bond acceptors (Lipinski definition) is 6. The molecule has 1 atom stereocenters. The molecule has 0 bridgehead atoms. The predicted molar refractivity (Wildman–Crippen MR) is 147 cm³/mol. The number of nitrogens with one attached hydrogen (secondary N) is 1. The maximum Gasteiger partial charge on any atom is 0.439 e. The van der Waals surface area contributed by atoms with E-state index in [-0.39, 0.29) is 41.2 Å². The molecule has 1 aliphatic heterocycles. The van der Waals surface area contributed by atoms with Crippen LogP contribution in [0.4, 0.5) is 0 Å². The number of H-pyrrole nitrogens is 1. The van der Waals surface area contributed by atoms with Crippen LogP contribution in [-0.4, -0.2) is 62.0 Å². The second kappa shape index (κ2) is 12.8. The smallest absolute Gasteiger partial charge is 0.376 e. The summed E-state index contributed by atoms with van der Waals surface area (Å²) in [5, 5.41) is 3.84. The molecule has 193 valence electrons. The zero-order valence-electron chi connectivity index (χ0n) is 22.3. The molecule has 2 aromatic heterocycles. The molecule has 38 heavy (non-hydrogen) atoms. The van der Waals surface area contributed by atoms with Crippen LogP contribution < -0.4 is 11.3 Å². The Balaban J connectivity index is 0.00000336. The van der Waals surface area contributed by atoms with Crippen molar-refractivity contribution in [2.75, 3.05) is 6.61 Å². The quantitative estimate of drug-likeness (QED) is 0.346. The van der Waals surface area contributed by atoms with Crippen LogP contribution in [0.5, 0.6) is 0 Å². The van der Waals surface area contributed by atoms with Gasteiger partial charge >= 0.3 is 5.76 Å². The van der Waals surface area contributed by atoms with Gasteiger partial charge in [0.2, 0.25) is 0 Å². The summed E-state index contributed by atoms with van der Waals surface area (Å²) in [6, 6.07) is 15.9. The molecular weight excluding hydrogens is 491 g/mol. The van der Waals surface area contributed by atoms with E-state index in [9.17, 15) is 9.59 Å². The van der Waals surface area contributed by atoms with Crippen molar-refractivity contribution < 1.29 is 9.26 Å². The molecule has 0 amide bonds. The van der Waals surface area contributed by atoms with E-state index in [1.807, 2.05) is 55.5 Å². The predicted octanol–water partition coefficient (Wildman–Crippen LogP) is 4.29. The maximum absolute atomic E-state index is 13.7. The molecule has 1 fully saturated rings. The van der Waals surface area contributed by atoms with Crippen molar-refractivity contribution in [2.24, 2.45) is 0 Å². The summed E-state index contributed by atoms with van der Waals surface area (Å²) in [4.78, 5) is 32.6. The summed E-state index contributed by atoms with van der Waals surface area (Å²) in [7, 11) is 0. The van der Waals surface area contributed by atoms with Crippen LogP contribution in [-0.2, 0) is 24.1 Å². The van der Waals surface area contributed by atoms with Gasteiger partial charge in [0.25, 0.3) is 5.56 Å². The van der Waals surface area contributed by atoms with Crippen molar-refractivity contribution in [1.29, 1.82) is 0 Å². The van der Waals surface area contributed by atoms with Gasteiger partial charge in [-0.25, -0.2) is 9.78 Å². The Hall–Kier alpha value is -2.78. The number of benzene rings is 2. The van der Waals surface area contributed by atoms with Gasteiger partial charge in [0.15, 0.2) is 5.82 Å². The zero-order valence-corrected chi connectivity index (χ0v) is 24.3. The largest absolute Gasteiger partial charge is 0.439 e. The normalized spacial score (nSPS) is 15.3. The summed E-state index contributed by atoms with van der Waals surface area (Å²) in [5.74, 6) is 0.557. The fourth-order valence-corrected chi connectivity index (χ4v) is 5.04. The van der Waals surface area contributed by atoms with Crippen LogP contribution in [0.2, 0.25) is 0 Å². The Labute approximate surface area is 243 Å². The number of ether oxygens (including phenoxy) is 1. The van der Waals surface area contributed by atoms with Gasteiger partial charge in [0, 0.05) is 53.7 Å². The van der Waals surface area contributed by atoms with E-state index in [1.54, 1.807) is 4.57 Å². The van der Waals surface area contributed by atoms with Crippen LogP contribution in [0, 0.1) is 6.92 Å². The zero-order chi connectivity index (χ0) is 25.8. The number of aromatic nitrogens is 4. The number of aromatic amines is 1. The monoisotopic (exact) mass is 523 g/mol. The van der Waals surface area contributed by atoms with E-state index in [0.717, 1.165) is 78.0 Å². The molecule has 0 spiro atoms. The number of rotatable bonds is 8. The topological polar surface area (TPSA) is 103 Å². The Bertz CT molecular complexity index is 1480. The molecule has 1 saturated heterocycles. The molecule has 1 aliphatic rings. The number of hydrogen-bond donors (Lipinski definition) is 1. The Morgan fingerprint density at radius 3 is 2.47 bits per heavy atom. The van der Waals surface area contributed by atoms with Crippen molar-refractivity contribution >= 4 is 29.6 Å². The Kier molecular flexibility index (Phi) is 9.54. The average molecular weight is 524 g/mol. The molecule has 1 unspecified atom stereocenters.